The van der Waals surface area contributed by atoms with Crippen LogP contribution in [0.4, 0.5) is 0 Å². The van der Waals surface area contributed by atoms with Gasteiger partial charge in [0.1, 0.15) is 5.78 Å². The molecule has 0 bridgehead atoms. The number of rotatable bonds is 13. The molecule has 0 saturated carbocycles. The molecule has 148 valence electrons. The Morgan fingerprint density at radius 2 is 0.962 bits per heavy atom. The van der Waals surface area contributed by atoms with Gasteiger partial charge >= 0.3 is 0 Å². The third-order valence-corrected chi connectivity index (χ3v) is 4.68. The minimum absolute atomic E-state index is 0.166. The summed E-state index contributed by atoms with van der Waals surface area (Å²) >= 11 is 0. The van der Waals surface area contributed by atoms with Crippen molar-refractivity contribution in [3.8, 4) is 0 Å². The van der Waals surface area contributed by atoms with Gasteiger partial charge in [-0.15, -0.1) is 0 Å². The first-order chi connectivity index (χ1) is 12.2. The summed E-state index contributed by atoms with van der Waals surface area (Å²) in [5, 5.41) is 0. The molecule has 0 aliphatic carbocycles. The van der Waals surface area contributed by atoms with Gasteiger partial charge < -0.3 is 0 Å². The molecular weight excluding hydrogens is 316 g/mol. The monoisotopic (exact) mass is 358 g/mol. The van der Waals surface area contributed by atoms with Gasteiger partial charge in [-0.3, -0.25) is 4.79 Å². The van der Waals surface area contributed by atoms with Crippen molar-refractivity contribution in [2.24, 2.45) is 5.92 Å². The van der Waals surface area contributed by atoms with E-state index in [0.717, 1.165) is 38.5 Å². The first-order valence-corrected chi connectivity index (χ1v) is 10.3. The third-order valence-electron chi connectivity index (χ3n) is 4.68. The molecule has 0 fully saturated rings. The Hall–Kier alpha value is -1.37. The number of Topliss-reactive ketones (excluding diaryl/α,β-unsaturated/α-hetero) is 1. The van der Waals surface area contributed by atoms with Crippen LogP contribution in [0.15, 0.2) is 46.6 Å². The summed E-state index contributed by atoms with van der Waals surface area (Å²) in [6.07, 6.45) is 17.8. The van der Waals surface area contributed by atoms with E-state index >= 15 is 0 Å². The maximum atomic E-state index is 11.6. The molecule has 0 aromatic heterocycles. The van der Waals surface area contributed by atoms with E-state index in [2.05, 4.69) is 58.9 Å². The second-order valence-electron chi connectivity index (χ2n) is 8.21. The highest BCUT2D eigenvalue weighted by atomic mass is 16.1. The van der Waals surface area contributed by atoms with E-state index in [4.69, 9.17) is 0 Å². The zero-order valence-corrected chi connectivity index (χ0v) is 18.5. The largest absolute Gasteiger partial charge is 0.299 e. The van der Waals surface area contributed by atoms with Gasteiger partial charge in [-0.25, -0.2) is 0 Å². The summed E-state index contributed by atoms with van der Waals surface area (Å²) < 4.78 is 0. The van der Waals surface area contributed by atoms with Crippen molar-refractivity contribution in [3.05, 3.63) is 46.6 Å². The molecule has 0 rings (SSSR count). The van der Waals surface area contributed by atoms with Crippen LogP contribution in [0, 0.1) is 5.92 Å². The average Bonchev–Trinajstić information content (AvgIpc) is 2.54. The van der Waals surface area contributed by atoms with Crippen LogP contribution in [0.25, 0.3) is 0 Å². The molecule has 0 spiro atoms. The Bertz CT molecular complexity index is 522. The number of allylic oxidation sites excluding steroid dienone is 8. The van der Waals surface area contributed by atoms with Crippen molar-refractivity contribution >= 4 is 5.78 Å². The molecule has 0 aromatic carbocycles. The number of carbonyl (C=O) groups is 1. The second kappa shape index (κ2) is 14.8. The average molecular weight is 359 g/mol. The van der Waals surface area contributed by atoms with Crippen LogP contribution in [0.2, 0.25) is 0 Å². The molecule has 0 atom stereocenters. The predicted molar refractivity (Wildman–Crippen MR) is 117 cm³/mol. The van der Waals surface area contributed by atoms with Gasteiger partial charge in [-0.05, 0) is 79.6 Å². The Balaban J connectivity index is 4.03. The molecule has 0 N–H and O–H groups in total. The Morgan fingerprint density at radius 1 is 0.615 bits per heavy atom. The Labute approximate surface area is 163 Å². The number of hydrogen-bond donors (Lipinski definition) is 0. The first-order valence-electron chi connectivity index (χ1n) is 10.3. The molecule has 0 amide bonds. The van der Waals surface area contributed by atoms with Crippen molar-refractivity contribution in [2.45, 2.75) is 99.8 Å². The van der Waals surface area contributed by atoms with Crippen molar-refractivity contribution in [3.63, 3.8) is 0 Å². The van der Waals surface area contributed by atoms with Crippen molar-refractivity contribution in [1.29, 1.82) is 0 Å². The molecule has 0 aromatic rings. The highest BCUT2D eigenvalue weighted by Gasteiger charge is 2.05. The zero-order chi connectivity index (χ0) is 19.9. The highest BCUT2D eigenvalue weighted by molar-refractivity contribution is 5.80. The molecule has 26 heavy (non-hydrogen) atoms. The van der Waals surface area contributed by atoms with Gasteiger partial charge in [0.15, 0.2) is 0 Å². The van der Waals surface area contributed by atoms with E-state index in [9.17, 15) is 4.79 Å². The van der Waals surface area contributed by atoms with Crippen LogP contribution in [0.1, 0.15) is 99.8 Å². The summed E-state index contributed by atoms with van der Waals surface area (Å²) in [6.45, 7) is 15.0. The smallest absolute Gasteiger partial charge is 0.135 e. The molecule has 0 saturated heterocycles. The second-order valence-corrected chi connectivity index (χ2v) is 8.21. The van der Waals surface area contributed by atoms with Crippen molar-refractivity contribution in [2.75, 3.05) is 0 Å². The van der Waals surface area contributed by atoms with Gasteiger partial charge in [0.25, 0.3) is 0 Å². The number of carbonyl (C=O) groups excluding carboxylic acids is 1. The summed E-state index contributed by atoms with van der Waals surface area (Å²) in [6, 6.07) is 0. The van der Waals surface area contributed by atoms with Gasteiger partial charge in [-0.2, -0.15) is 0 Å². The lowest BCUT2D eigenvalue weighted by atomic mass is 10.0. The quantitative estimate of drug-likeness (QED) is 0.304. The fourth-order valence-corrected chi connectivity index (χ4v) is 2.74. The molecule has 0 heterocycles. The Morgan fingerprint density at radius 3 is 1.31 bits per heavy atom. The van der Waals surface area contributed by atoms with Crippen LogP contribution in [0.5, 0.6) is 0 Å². The van der Waals surface area contributed by atoms with Crippen LogP contribution >= 0.6 is 0 Å². The van der Waals surface area contributed by atoms with E-state index in [-0.39, 0.29) is 5.92 Å². The summed E-state index contributed by atoms with van der Waals surface area (Å²) in [5.74, 6) is 0.535. The van der Waals surface area contributed by atoms with Gasteiger partial charge in [0.2, 0.25) is 0 Å². The fourth-order valence-electron chi connectivity index (χ4n) is 2.74. The minimum atomic E-state index is 0.166. The van der Waals surface area contributed by atoms with Crippen molar-refractivity contribution < 1.29 is 4.79 Å². The number of hydrogen-bond acceptors (Lipinski definition) is 1. The molecule has 0 unspecified atom stereocenters. The lowest BCUT2D eigenvalue weighted by Crippen LogP contribution is -2.05. The summed E-state index contributed by atoms with van der Waals surface area (Å²) in [5.41, 5.74) is 5.80. The first kappa shape index (κ1) is 24.6. The van der Waals surface area contributed by atoms with E-state index in [1.807, 2.05) is 13.8 Å². The van der Waals surface area contributed by atoms with Crippen LogP contribution < -0.4 is 0 Å². The molecule has 0 radical (unpaired) electrons. The normalized spacial score (nSPS) is 13.3. The van der Waals surface area contributed by atoms with Crippen LogP contribution in [-0.2, 0) is 4.79 Å². The number of ketones is 1. The molecule has 0 aliphatic heterocycles. The van der Waals surface area contributed by atoms with Crippen molar-refractivity contribution in [1.82, 2.24) is 0 Å². The van der Waals surface area contributed by atoms with Crippen LogP contribution in [0.3, 0.4) is 0 Å². The van der Waals surface area contributed by atoms with Gasteiger partial charge in [0.05, 0.1) is 0 Å². The van der Waals surface area contributed by atoms with Gasteiger partial charge in [0, 0.05) is 12.3 Å². The maximum absolute atomic E-state index is 11.6. The summed E-state index contributed by atoms with van der Waals surface area (Å²) in [4.78, 5) is 11.6. The Kier molecular flexibility index (Phi) is 14.0. The van der Waals surface area contributed by atoms with Crippen LogP contribution in [-0.4, -0.2) is 5.78 Å². The van der Waals surface area contributed by atoms with E-state index in [1.54, 1.807) is 0 Å². The van der Waals surface area contributed by atoms with E-state index < -0.39 is 0 Å². The summed E-state index contributed by atoms with van der Waals surface area (Å²) in [7, 11) is 0. The maximum Gasteiger partial charge on any atom is 0.135 e. The molecule has 1 nitrogen and oxygen atoms in total. The van der Waals surface area contributed by atoms with E-state index in [0.29, 0.717) is 12.2 Å². The SMILES string of the molecule is CC(C)=CCC/C(C)=C/CC/C(C)=C/CC/C(C)=C/CCC(=O)C(C)C. The third kappa shape index (κ3) is 14.9. The van der Waals surface area contributed by atoms with Gasteiger partial charge in [-0.1, -0.05) is 60.4 Å². The molecule has 1 heteroatoms. The predicted octanol–water partition coefficient (Wildman–Crippen LogP) is 8.14. The highest BCUT2D eigenvalue weighted by Crippen LogP contribution is 2.14. The zero-order valence-electron chi connectivity index (χ0n) is 18.5. The fraction of sp³-hybridized carbons (Fsp3) is 0.640. The topological polar surface area (TPSA) is 17.1 Å². The molecular formula is C25H42O. The molecule has 0 aliphatic rings. The minimum Gasteiger partial charge on any atom is -0.299 e. The lowest BCUT2D eigenvalue weighted by molar-refractivity contribution is -0.121. The lowest BCUT2D eigenvalue weighted by Gasteiger charge is -2.04. The van der Waals surface area contributed by atoms with E-state index in [1.165, 1.54) is 28.7 Å². The standard InChI is InChI=1S/C25H42O/c1-20(2)12-8-13-22(5)14-9-15-23(6)16-10-17-24(7)18-11-19-25(26)21(3)4/h12,14,16,18,21H,8-11,13,15,17,19H2,1-7H3/b22-14+,23-16+,24-18+.